The van der Waals surface area contributed by atoms with Crippen LogP contribution in [0.1, 0.15) is 21.5 Å². The predicted molar refractivity (Wildman–Crippen MR) is 79.4 cm³/mol. The molecule has 3 heterocycles. The fourth-order valence-corrected chi connectivity index (χ4v) is 3.59. The van der Waals surface area contributed by atoms with Crippen molar-refractivity contribution in [2.24, 2.45) is 0 Å². The van der Waals surface area contributed by atoms with Crippen molar-refractivity contribution in [2.45, 2.75) is 12.6 Å². The van der Waals surface area contributed by atoms with Crippen LogP contribution in [0.2, 0.25) is 0 Å². The van der Waals surface area contributed by atoms with Crippen LogP contribution in [0.5, 0.6) is 0 Å². The third-order valence-corrected chi connectivity index (χ3v) is 4.66. The van der Waals surface area contributed by atoms with Crippen molar-refractivity contribution in [3.8, 4) is 0 Å². The Morgan fingerprint density at radius 2 is 1.79 bits per heavy atom. The summed E-state index contributed by atoms with van der Waals surface area (Å²) in [6.45, 7) is 0.739. The van der Waals surface area contributed by atoms with Gasteiger partial charge in [0.15, 0.2) is 0 Å². The Morgan fingerprint density at radius 3 is 2.32 bits per heavy atom. The third kappa shape index (κ3) is 3.07. The molecule has 0 saturated heterocycles. The molecule has 0 unspecified atom stereocenters. The Morgan fingerprint density at radius 1 is 1.05 bits per heavy atom. The van der Waals surface area contributed by atoms with E-state index in [1.165, 1.54) is 9.75 Å². The molecule has 3 aromatic rings. The minimum Gasteiger partial charge on any atom is -0.299 e. The van der Waals surface area contributed by atoms with Gasteiger partial charge in [0.05, 0.1) is 11.7 Å². The molecule has 0 spiro atoms. The number of hydrogen-bond acceptors (Lipinski definition) is 5. The molecule has 0 atom stereocenters. The maximum Gasteiger partial charge on any atom is 0.115 e. The first kappa shape index (κ1) is 12.5. The molecule has 0 aromatic carbocycles. The number of nitrogens with zero attached hydrogens (tertiary/aromatic N) is 2. The second kappa shape index (κ2) is 6.06. The van der Waals surface area contributed by atoms with Gasteiger partial charge in [-0.25, -0.2) is 9.97 Å². The Hall–Kier alpha value is -1.56. The van der Waals surface area contributed by atoms with Crippen molar-refractivity contribution < 1.29 is 0 Å². The molecule has 3 aromatic heterocycles. The van der Waals surface area contributed by atoms with Gasteiger partial charge < -0.3 is 0 Å². The van der Waals surface area contributed by atoms with Crippen LogP contribution in [0.4, 0.5) is 0 Å². The standard InChI is InChI=1S/C14H13N3S2/c1-3-12(18-7-1)14(13-4-2-8-19-13)16-9-11-5-6-15-10-17-11/h1-8,10,14,16H,9H2. The summed E-state index contributed by atoms with van der Waals surface area (Å²) in [4.78, 5) is 10.8. The topological polar surface area (TPSA) is 37.8 Å². The van der Waals surface area contributed by atoms with E-state index in [-0.39, 0.29) is 6.04 Å². The third-order valence-electron chi connectivity index (χ3n) is 2.79. The Bertz CT molecular complexity index is 557. The molecule has 96 valence electrons. The highest BCUT2D eigenvalue weighted by Gasteiger charge is 2.15. The molecular formula is C14H13N3S2. The van der Waals surface area contributed by atoms with Crippen molar-refractivity contribution in [2.75, 3.05) is 0 Å². The molecule has 5 heteroatoms. The minimum absolute atomic E-state index is 0.245. The van der Waals surface area contributed by atoms with E-state index in [1.807, 2.05) is 6.07 Å². The van der Waals surface area contributed by atoms with E-state index < -0.39 is 0 Å². The normalized spacial score (nSPS) is 11.0. The molecule has 3 nitrogen and oxygen atoms in total. The molecule has 0 amide bonds. The summed E-state index contributed by atoms with van der Waals surface area (Å²) in [5.41, 5.74) is 1.01. The Kier molecular flexibility index (Phi) is 3.98. The van der Waals surface area contributed by atoms with Gasteiger partial charge in [-0.15, -0.1) is 22.7 Å². The number of aromatic nitrogens is 2. The second-order valence-corrected chi connectivity index (χ2v) is 6.00. The molecule has 19 heavy (non-hydrogen) atoms. The summed E-state index contributed by atoms with van der Waals surface area (Å²) in [5.74, 6) is 0. The molecule has 0 radical (unpaired) electrons. The number of rotatable bonds is 5. The van der Waals surface area contributed by atoms with E-state index in [9.17, 15) is 0 Å². The van der Waals surface area contributed by atoms with Crippen LogP contribution in [0.3, 0.4) is 0 Å². The van der Waals surface area contributed by atoms with E-state index >= 15 is 0 Å². The number of thiophene rings is 2. The molecular weight excluding hydrogens is 274 g/mol. The maximum atomic E-state index is 4.25. The lowest BCUT2D eigenvalue weighted by atomic mass is 10.2. The average molecular weight is 287 g/mol. The van der Waals surface area contributed by atoms with Gasteiger partial charge in [0.2, 0.25) is 0 Å². The summed E-state index contributed by atoms with van der Waals surface area (Å²) < 4.78 is 0. The van der Waals surface area contributed by atoms with Crippen LogP contribution < -0.4 is 5.32 Å². The quantitative estimate of drug-likeness (QED) is 0.780. The smallest absolute Gasteiger partial charge is 0.115 e. The summed E-state index contributed by atoms with van der Waals surface area (Å²) in [7, 11) is 0. The molecule has 1 N–H and O–H groups in total. The molecule has 0 aliphatic rings. The van der Waals surface area contributed by atoms with Crippen molar-refractivity contribution >= 4 is 22.7 Å². The van der Waals surface area contributed by atoms with E-state index in [1.54, 1.807) is 35.2 Å². The van der Waals surface area contributed by atoms with Crippen molar-refractivity contribution in [1.29, 1.82) is 0 Å². The van der Waals surface area contributed by atoms with E-state index in [0.29, 0.717) is 0 Å². The molecule has 0 bridgehead atoms. The van der Waals surface area contributed by atoms with Gasteiger partial charge in [0.25, 0.3) is 0 Å². The Balaban J connectivity index is 1.77. The fraction of sp³-hybridized carbons (Fsp3) is 0.143. The highest BCUT2D eigenvalue weighted by atomic mass is 32.1. The molecule has 3 rings (SSSR count). The first-order valence-electron chi connectivity index (χ1n) is 5.98. The van der Waals surface area contributed by atoms with Gasteiger partial charge in [-0.05, 0) is 29.0 Å². The van der Waals surface area contributed by atoms with E-state index in [4.69, 9.17) is 0 Å². The largest absolute Gasteiger partial charge is 0.299 e. The van der Waals surface area contributed by atoms with Crippen LogP contribution >= 0.6 is 22.7 Å². The zero-order valence-electron chi connectivity index (χ0n) is 10.2. The highest BCUT2D eigenvalue weighted by molar-refractivity contribution is 7.11. The summed E-state index contributed by atoms with van der Waals surface area (Å²) >= 11 is 3.55. The molecule has 0 saturated carbocycles. The average Bonchev–Trinajstić information content (AvgIpc) is 3.13. The van der Waals surface area contributed by atoms with Crippen molar-refractivity contribution in [3.63, 3.8) is 0 Å². The highest BCUT2D eigenvalue weighted by Crippen LogP contribution is 2.29. The maximum absolute atomic E-state index is 4.25. The van der Waals surface area contributed by atoms with Gasteiger partial charge >= 0.3 is 0 Å². The van der Waals surface area contributed by atoms with Gasteiger partial charge in [-0.1, -0.05) is 12.1 Å². The lowest BCUT2D eigenvalue weighted by Gasteiger charge is -2.15. The first-order valence-corrected chi connectivity index (χ1v) is 7.74. The summed E-state index contributed by atoms with van der Waals surface area (Å²) in [5, 5.41) is 7.80. The van der Waals surface area contributed by atoms with Crippen LogP contribution in [0.25, 0.3) is 0 Å². The minimum atomic E-state index is 0.245. The summed E-state index contributed by atoms with van der Waals surface area (Å²) in [6.07, 6.45) is 3.36. The first-order chi connectivity index (χ1) is 9.43. The zero-order valence-corrected chi connectivity index (χ0v) is 11.8. The van der Waals surface area contributed by atoms with Crippen molar-refractivity contribution in [1.82, 2.24) is 15.3 Å². The second-order valence-electron chi connectivity index (χ2n) is 4.05. The molecule has 0 aliphatic carbocycles. The summed E-state index contributed by atoms with van der Waals surface area (Å²) in [6, 6.07) is 10.7. The van der Waals surface area contributed by atoms with Gasteiger partial charge in [0, 0.05) is 22.5 Å². The SMILES string of the molecule is c1csc(C(NCc2ccncn2)c2cccs2)c1. The van der Waals surface area contributed by atoms with Crippen LogP contribution in [-0.4, -0.2) is 9.97 Å². The van der Waals surface area contributed by atoms with E-state index in [0.717, 1.165) is 12.2 Å². The number of hydrogen-bond donors (Lipinski definition) is 1. The lowest BCUT2D eigenvalue weighted by Crippen LogP contribution is -2.20. The van der Waals surface area contributed by atoms with Crippen LogP contribution in [0.15, 0.2) is 53.6 Å². The van der Waals surface area contributed by atoms with Crippen LogP contribution in [-0.2, 0) is 6.54 Å². The lowest BCUT2D eigenvalue weighted by molar-refractivity contribution is 0.611. The van der Waals surface area contributed by atoms with Gasteiger partial charge in [-0.2, -0.15) is 0 Å². The van der Waals surface area contributed by atoms with Gasteiger partial charge in [-0.3, -0.25) is 5.32 Å². The van der Waals surface area contributed by atoms with Gasteiger partial charge in [0.1, 0.15) is 6.33 Å². The number of nitrogens with one attached hydrogen (secondary N) is 1. The van der Waals surface area contributed by atoms with Crippen molar-refractivity contribution in [3.05, 3.63) is 69.1 Å². The monoisotopic (exact) mass is 287 g/mol. The predicted octanol–water partition coefficient (Wildman–Crippen LogP) is 3.48. The zero-order chi connectivity index (χ0) is 12.9. The molecule has 0 fully saturated rings. The Labute approximate surface area is 120 Å². The van der Waals surface area contributed by atoms with Crippen LogP contribution in [0, 0.1) is 0 Å². The fourth-order valence-electron chi connectivity index (χ4n) is 1.88. The van der Waals surface area contributed by atoms with E-state index in [2.05, 4.69) is 50.3 Å². The molecule has 0 aliphatic heterocycles.